The van der Waals surface area contributed by atoms with Crippen molar-refractivity contribution in [3.05, 3.63) is 76.9 Å². The third-order valence-corrected chi connectivity index (χ3v) is 5.95. The third kappa shape index (κ3) is 3.53. The molecule has 4 aromatic rings. The zero-order valence-corrected chi connectivity index (χ0v) is 17.3. The Morgan fingerprint density at radius 2 is 1.93 bits per heavy atom. The van der Waals surface area contributed by atoms with Crippen LogP contribution in [0.5, 0.6) is 0 Å². The fraction of sp³-hybridized carbons (Fsp3) is 0.261. The highest BCUT2D eigenvalue weighted by Crippen LogP contribution is 2.41. The maximum absolute atomic E-state index is 10.5. The number of hydrogen-bond acceptors (Lipinski definition) is 5. The fourth-order valence-corrected chi connectivity index (χ4v) is 3.83. The Hall–Kier alpha value is -2.96. The van der Waals surface area contributed by atoms with E-state index in [0.717, 1.165) is 47.3 Å². The van der Waals surface area contributed by atoms with Crippen molar-refractivity contribution < 1.29 is 9.52 Å². The number of nitrogens with zero attached hydrogens (tertiary/aromatic N) is 4. The lowest BCUT2D eigenvalue weighted by Crippen LogP contribution is -2.33. The first-order chi connectivity index (χ1) is 14.5. The molecular formula is C23H21ClN4O2. The minimum atomic E-state index is -0.655. The summed E-state index contributed by atoms with van der Waals surface area (Å²) in [7, 11) is 0. The van der Waals surface area contributed by atoms with Crippen LogP contribution in [-0.2, 0) is 12.1 Å². The first kappa shape index (κ1) is 19.0. The van der Waals surface area contributed by atoms with Gasteiger partial charge in [0.15, 0.2) is 0 Å². The summed E-state index contributed by atoms with van der Waals surface area (Å²) in [5, 5.41) is 15.6. The molecule has 0 radical (unpaired) electrons. The van der Waals surface area contributed by atoms with Crippen LogP contribution in [0.1, 0.15) is 36.1 Å². The largest absolute Gasteiger partial charge is 0.443 e. The van der Waals surface area contributed by atoms with E-state index in [1.165, 1.54) is 0 Å². The number of aryl methyl sites for hydroxylation is 1. The van der Waals surface area contributed by atoms with Gasteiger partial charge in [0.1, 0.15) is 22.8 Å². The van der Waals surface area contributed by atoms with Crippen LogP contribution in [0.4, 0.5) is 0 Å². The molecule has 30 heavy (non-hydrogen) atoms. The van der Waals surface area contributed by atoms with Gasteiger partial charge in [-0.05, 0) is 49.4 Å². The van der Waals surface area contributed by atoms with Gasteiger partial charge < -0.3 is 9.52 Å². The topological polar surface area (TPSA) is 77.0 Å². The molecule has 5 rings (SSSR count). The van der Waals surface area contributed by atoms with Gasteiger partial charge in [-0.2, -0.15) is 5.10 Å². The van der Waals surface area contributed by atoms with Crippen LogP contribution in [-0.4, -0.2) is 24.9 Å². The highest BCUT2D eigenvalue weighted by atomic mass is 35.5. The normalized spacial score (nSPS) is 15.2. The minimum Gasteiger partial charge on any atom is -0.443 e. The monoisotopic (exact) mass is 420 g/mol. The van der Waals surface area contributed by atoms with Gasteiger partial charge in [-0.3, -0.25) is 4.68 Å². The van der Waals surface area contributed by atoms with Gasteiger partial charge in [-0.15, -0.1) is 0 Å². The second-order valence-corrected chi connectivity index (χ2v) is 8.21. The molecule has 6 nitrogen and oxygen atoms in total. The van der Waals surface area contributed by atoms with E-state index in [0.29, 0.717) is 23.3 Å². The Morgan fingerprint density at radius 3 is 2.60 bits per heavy atom. The molecule has 1 saturated carbocycles. The van der Waals surface area contributed by atoms with E-state index >= 15 is 0 Å². The van der Waals surface area contributed by atoms with E-state index in [2.05, 4.69) is 15.1 Å². The van der Waals surface area contributed by atoms with Gasteiger partial charge >= 0.3 is 0 Å². The summed E-state index contributed by atoms with van der Waals surface area (Å²) < 4.78 is 7.59. The number of benzene rings is 1. The smallest absolute Gasteiger partial charge is 0.247 e. The van der Waals surface area contributed by atoms with E-state index in [-0.39, 0.29) is 0 Å². The number of oxazole rings is 1. The number of pyridine rings is 1. The Labute approximate surface area is 179 Å². The van der Waals surface area contributed by atoms with E-state index in [9.17, 15) is 5.11 Å². The molecular weight excluding hydrogens is 400 g/mol. The molecule has 3 heterocycles. The molecule has 0 atom stereocenters. The Bertz CT molecular complexity index is 1170. The maximum atomic E-state index is 10.5. The summed E-state index contributed by atoms with van der Waals surface area (Å²) in [5.74, 6) is 0.475. The Balaban J connectivity index is 1.36. The van der Waals surface area contributed by atoms with Crippen molar-refractivity contribution >= 4 is 11.6 Å². The molecule has 1 N–H and O–H groups in total. The molecule has 7 heteroatoms. The molecule has 0 saturated heterocycles. The first-order valence-electron chi connectivity index (χ1n) is 9.94. The summed E-state index contributed by atoms with van der Waals surface area (Å²) in [6.45, 7) is 2.58. The predicted molar refractivity (Wildman–Crippen MR) is 114 cm³/mol. The zero-order chi connectivity index (χ0) is 20.7. The van der Waals surface area contributed by atoms with Crippen LogP contribution in [0.15, 0.2) is 59.3 Å². The lowest BCUT2D eigenvalue weighted by molar-refractivity contribution is -0.0387. The molecule has 152 valence electrons. The van der Waals surface area contributed by atoms with Gasteiger partial charge in [0.05, 0.1) is 12.1 Å². The number of aromatic nitrogens is 4. The summed E-state index contributed by atoms with van der Waals surface area (Å²) in [4.78, 5) is 8.73. The third-order valence-electron chi connectivity index (χ3n) is 5.72. The second-order valence-electron chi connectivity index (χ2n) is 7.82. The van der Waals surface area contributed by atoms with Crippen molar-refractivity contribution in [2.45, 2.75) is 38.3 Å². The molecule has 0 bridgehead atoms. The lowest BCUT2D eigenvalue weighted by Gasteiger charge is -2.37. The first-order valence-corrected chi connectivity index (χ1v) is 10.3. The van der Waals surface area contributed by atoms with E-state index in [1.807, 2.05) is 48.0 Å². The second kappa shape index (κ2) is 7.38. The molecule has 1 aromatic carbocycles. The van der Waals surface area contributed by atoms with E-state index in [4.69, 9.17) is 16.0 Å². The number of halogens is 1. The predicted octanol–water partition coefficient (Wildman–Crippen LogP) is 4.98. The summed E-state index contributed by atoms with van der Waals surface area (Å²) in [6.07, 6.45) is 6.12. The summed E-state index contributed by atoms with van der Waals surface area (Å²) >= 11 is 5.86. The molecule has 1 aliphatic carbocycles. The number of hydrogen-bond donors (Lipinski definition) is 1. The minimum absolute atomic E-state index is 0.471. The lowest BCUT2D eigenvalue weighted by atomic mass is 9.75. The highest BCUT2D eigenvalue weighted by molar-refractivity contribution is 6.29. The van der Waals surface area contributed by atoms with Crippen molar-refractivity contribution in [1.82, 2.24) is 19.7 Å². The zero-order valence-electron chi connectivity index (χ0n) is 16.5. The molecule has 0 spiro atoms. The van der Waals surface area contributed by atoms with Crippen LogP contribution in [0.2, 0.25) is 5.15 Å². The van der Waals surface area contributed by atoms with Crippen LogP contribution in [0, 0.1) is 6.92 Å². The Kier molecular flexibility index (Phi) is 4.68. The van der Waals surface area contributed by atoms with Gasteiger partial charge in [0, 0.05) is 17.5 Å². The summed E-state index contributed by atoms with van der Waals surface area (Å²) in [5.41, 5.74) is 4.69. The fourth-order valence-electron chi connectivity index (χ4n) is 3.72. The molecule has 0 aliphatic heterocycles. The molecule has 1 aliphatic rings. The van der Waals surface area contributed by atoms with Crippen LogP contribution >= 0.6 is 11.6 Å². The van der Waals surface area contributed by atoms with Crippen molar-refractivity contribution in [3.63, 3.8) is 0 Å². The van der Waals surface area contributed by atoms with E-state index < -0.39 is 5.60 Å². The molecule has 3 aromatic heterocycles. The van der Waals surface area contributed by atoms with Gasteiger partial charge in [0.25, 0.3) is 0 Å². The van der Waals surface area contributed by atoms with Crippen molar-refractivity contribution in [1.29, 1.82) is 0 Å². The SMILES string of the molecule is Cc1cc(-c2nc(-c3ccc(C4(O)CCC4)cc3)co2)nn1Cc1ccc(Cl)nc1. The van der Waals surface area contributed by atoms with Gasteiger partial charge in [-0.25, -0.2) is 9.97 Å². The van der Waals surface area contributed by atoms with Crippen molar-refractivity contribution in [2.24, 2.45) is 0 Å². The standard InChI is InChI=1S/C23H21ClN4O2/c1-15-11-19(27-28(15)13-16-3-8-21(24)25-12-16)22-26-20(14-30-22)17-4-6-18(7-5-17)23(29)9-2-10-23/h3-8,11-12,14,29H,2,9-10,13H2,1H3. The van der Waals surface area contributed by atoms with Crippen LogP contribution in [0.25, 0.3) is 22.8 Å². The maximum Gasteiger partial charge on any atom is 0.247 e. The van der Waals surface area contributed by atoms with Gasteiger partial charge in [0.2, 0.25) is 5.89 Å². The van der Waals surface area contributed by atoms with Crippen LogP contribution < -0.4 is 0 Å². The van der Waals surface area contributed by atoms with Crippen molar-refractivity contribution in [2.75, 3.05) is 0 Å². The Morgan fingerprint density at radius 1 is 1.13 bits per heavy atom. The number of rotatable bonds is 5. The number of aliphatic hydroxyl groups is 1. The summed E-state index contributed by atoms with van der Waals surface area (Å²) in [6, 6.07) is 13.6. The quantitative estimate of drug-likeness (QED) is 0.460. The average molecular weight is 421 g/mol. The average Bonchev–Trinajstić information content (AvgIpc) is 3.35. The highest BCUT2D eigenvalue weighted by Gasteiger charge is 2.35. The van der Waals surface area contributed by atoms with Crippen molar-refractivity contribution in [3.8, 4) is 22.8 Å². The molecule has 0 unspecified atom stereocenters. The van der Waals surface area contributed by atoms with Crippen LogP contribution in [0.3, 0.4) is 0 Å². The van der Waals surface area contributed by atoms with E-state index in [1.54, 1.807) is 18.5 Å². The molecule has 0 amide bonds. The van der Waals surface area contributed by atoms with Gasteiger partial charge in [-0.1, -0.05) is 41.9 Å². The molecule has 1 fully saturated rings.